The largest absolute Gasteiger partial charge is 0.353 e. The number of nitrogens with two attached hydrogens (primary N) is 1. The summed E-state index contributed by atoms with van der Waals surface area (Å²) in [6.45, 7) is 1.49. The van der Waals surface area contributed by atoms with Gasteiger partial charge in [-0.2, -0.15) is 5.10 Å². The van der Waals surface area contributed by atoms with Crippen LogP contribution in [0.5, 0.6) is 0 Å². The summed E-state index contributed by atoms with van der Waals surface area (Å²) < 4.78 is 1.50. The topological polar surface area (TPSA) is 105 Å². The van der Waals surface area contributed by atoms with Gasteiger partial charge in [-0.1, -0.05) is 12.8 Å². The van der Waals surface area contributed by atoms with E-state index in [1.807, 2.05) is 19.0 Å². The highest BCUT2D eigenvalue weighted by atomic mass is 16.2. The van der Waals surface area contributed by atoms with E-state index >= 15 is 0 Å². The van der Waals surface area contributed by atoms with Crippen LogP contribution in [0.15, 0.2) is 12.4 Å². The molecule has 1 heterocycles. The van der Waals surface area contributed by atoms with Gasteiger partial charge in [0, 0.05) is 19.3 Å². The molecule has 0 aromatic carbocycles. The van der Waals surface area contributed by atoms with Crippen LogP contribution in [0.1, 0.15) is 25.7 Å². The van der Waals surface area contributed by atoms with Crippen molar-refractivity contribution in [2.24, 2.45) is 5.73 Å². The van der Waals surface area contributed by atoms with Crippen LogP contribution in [-0.2, 0) is 16.1 Å². The molecule has 0 bridgehead atoms. The lowest BCUT2D eigenvalue weighted by Crippen LogP contribution is -2.48. The maximum atomic E-state index is 12.2. The van der Waals surface area contributed by atoms with E-state index in [2.05, 4.69) is 15.7 Å². The first-order valence-electron chi connectivity index (χ1n) is 7.93. The maximum absolute atomic E-state index is 12.2. The number of rotatable bonds is 7. The number of hydrogen-bond donors (Lipinski definition) is 3. The molecule has 23 heavy (non-hydrogen) atoms. The van der Waals surface area contributed by atoms with E-state index < -0.39 is 5.54 Å². The predicted molar refractivity (Wildman–Crippen MR) is 87.8 cm³/mol. The van der Waals surface area contributed by atoms with Gasteiger partial charge >= 0.3 is 0 Å². The van der Waals surface area contributed by atoms with Gasteiger partial charge in [0.2, 0.25) is 11.8 Å². The minimum absolute atomic E-state index is 0.112. The summed E-state index contributed by atoms with van der Waals surface area (Å²) in [6.07, 6.45) is 6.56. The van der Waals surface area contributed by atoms with Gasteiger partial charge in [-0.05, 0) is 26.9 Å². The minimum atomic E-state index is -0.772. The Morgan fingerprint density at radius 2 is 2.09 bits per heavy atom. The van der Waals surface area contributed by atoms with Gasteiger partial charge in [-0.25, -0.2) is 0 Å². The number of carbonyl (C=O) groups excluding carboxylic acids is 2. The normalized spacial score (nSPS) is 16.5. The molecule has 0 aliphatic heterocycles. The van der Waals surface area contributed by atoms with E-state index in [1.54, 1.807) is 6.20 Å². The Balaban J connectivity index is 1.81. The number of nitrogens with zero attached hydrogens (tertiary/aromatic N) is 3. The third kappa shape index (κ3) is 5.04. The molecule has 0 saturated heterocycles. The zero-order valence-electron chi connectivity index (χ0n) is 13.8. The number of anilines is 1. The van der Waals surface area contributed by atoms with Crippen LogP contribution < -0.4 is 16.4 Å². The van der Waals surface area contributed by atoms with Crippen molar-refractivity contribution in [1.29, 1.82) is 0 Å². The van der Waals surface area contributed by atoms with Crippen LogP contribution in [0, 0.1) is 0 Å². The summed E-state index contributed by atoms with van der Waals surface area (Å²) in [6, 6.07) is 0. The molecule has 0 radical (unpaired) electrons. The lowest BCUT2D eigenvalue weighted by Gasteiger charge is -2.21. The quantitative estimate of drug-likeness (QED) is 0.643. The minimum Gasteiger partial charge on any atom is -0.353 e. The summed E-state index contributed by atoms with van der Waals surface area (Å²) in [5, 5.41) is 9.70. The van der Waals surface area contributed by atoms with Crippen molar-refractivity contribution in [2.45, 2.75) is 37.8 Å². The fourth-order valence-electron chi connectivity index (χ4n) is 2.63. The summed E-state index contributed by atoms with van der Waals surface area (Å²) in [5.74, 6) is -0.288. The Labute approximate surface area is 136 Å². The molecule has 1 aliphatic carbocycles. The Morgan fingerprint density at radius 1 is 1.39 bits per heavy atom. The fourth-order valence-corrected chi connectivity index (χ4v) is 2.63. The van der Waals surface area contributed by atoms with Crippen molar-refractivity contribution >= 4 is 17.5 Å². The Hall–Kier alpha value is -1.93. The van der Waals surface area contributed by atoms with Crippen molar-refractivity contribution in [3.05, 3.63) is 12.4 Å². The first-order valence-corrected chi connectivity index (χ1v) is 7.93. The van der Waals surface area contributed by atoms with E-state index in [-0.39, 0.29) is 18.4 Å². The highest BCUT2D eigenvalue weighted by Crippen LogP contribution is 2.28. The van der Waals surface area contributed by atoms with E-state index in [9.17, 15) is 9.59 Å². The maximum Gasteiger partial charge on any atom is 0.244 e. The lowest BCUT2D eigenvalue weighted by molar-refractivity contribution is -0.122. The third-order valence-corrected chi connectivity index (χ3v) is 4.03. The molecule has 1 aromatic rings. The number of carbonyl (C=O) groups is 2. The molecule has 1 saturated carbocycles. The predicted octanol–water partition coefficient (Wildman–Crippen LogP) is -0.229. The molecular formula is C15H26N6O2. The fraction of sp³-hybridized carbons (Fsp3) is 0.667. The van der Waals surface area contributed by atoms with E-state index in [1.165, 1.54) is 10.9 Å². The number of likely N-dealkylation sites (N-methyl/N-ethyl adjacent to an activating group) is 1. The van der Waals surface area contributed by atoms with Crippen LogP contribution >= 0.6 is 0 Å². The smallest absolute Gasteiger partial charge is 0.244 e. The molecule has 8 heteroatoms. The van der Waals surface area contributed by atoms with Gasteiger partial charge in [0.25, 0.3) is 0 Å². The molecule has 2 rings (SSSR count). The van der Waals surface area contributed by atoms with E-state index in [4.69, 9.17) is 5.73 Å². The van der Waals surface area contributed by atoms with Gasteiger partial charge in [-0.3, -0.25) is 14.3 Å². The van der Waals surface area contributed by atoms with Crippen molar-refractivity contribution in [3.63, 3.8) is 0 Å². The second-order valence-electron chi connectivity index (χ2n) is 6.40. The number of hydrogen-bond acceptors (Lipinski definition) is 5. The monoisotopic (exact) mass is 322 g/mol. The van der Waals surface area contributed by atoms with Crippen molar-refractivity contribution in [3.8, 4) is 0 Å². The molecule has 2 amide bonds. The van der Waals surface area contributed by atoms with Crippen LogP contribution in [0.4, 0.5) is 5.69 Å². The second-order valence-corrected chi connectivity index (χ2v) is 6.40. The average Bonchev–Trinajstić information content (AvgIpc) is 3.09. The molecule has 4 N–H and O–H groups in total. The molecule has 0 spiro atoms. The van der Waals surface area contributed by atoms with Gasteiger partial charge in [0.05, 0.1) is 17.4 Å². The van der Waals surface area contributed by atoms with Crippen LogP contribution in [0.2, 0.25) is 0 Å². The highest BCUT2D eigenvalue weighted by Gasteiger charge is 2.37. The third-order valence-electron chi connectivity index (χ3n) is 4.03. The standard InChI is InChI=1S/C15H26N6O2/c1-20(2)8-7-17-13(22)11-21-10-12(9-18-21)19-14(23)15(16)5-3-4-6-15/h9-10H,3-8,11,16H2,1-2H3,(H,17,22)(H,19,23). The Morgan fingerprint density at radius 3 is 2.74 bits per heavy atom. The molecule has 8 nitrogen and oxygen atoms in total. The molecule has 128 valence electrons. The Bertz CT molecular complexity index is 548. The second kappa shape index (κ2) is 7.56. The van der Waals surface area contributed by atoms with E-state index in [0.717, 1.165) is 19.4 Å². The number of aromatic nitrogens is 2. The van der Waals surface area contributed by atoms with Gasteiger partial charge in [-0.15, -0.1) is 0 Å². The number of amides is 2. The lowest BCUT2D eigenvalue weighted by atomic mass is 9.98. The summed E-state index contributed by atoms with van der Waals surface area (Å²) in [4.78, 5) is 26.0. The van der Waals surface area contributed by atoms with Gasteiger partial charge < -0.3 is 21.3 Å². The van der Waals surface area contributed by atoms with Crippen molar-refractivity contribution < 1.29 is 9.59 Å². The SMILES string of the molecule is CN(C)CCNC(=O)Cn1cc(NC(=O)C2(N)CCCC2)cn1. The molecule has 1 fully saturated rings. The zero-order valence-corrected chi connectivity index (χ0v) is 13.8. The van der Waals surface area contributed by atoms with Crippen molar-refractivity contribution in [1.82, 2.24) is 20.0 Å². The van der Waals surface area contributed by atoms with Crippen molar-refractivity contribution in [2.75, 3.05) is 32.5 Å². The van der Waals surface area contributed by atoms with Gasteiger partial charge in [0.15, 0.2) is 0 Å². The Kier molecular flexibility index (Phi) is 5.73. The number of nitrogens with one attached hydrogen (secondary N) is 2. The molecular weight excluding hydrogens is 296 g/mol. The van der Waals surface area contributed by atoms with Gasteiger partial charge in [0.1, 0.15) is 6.54 Å². The molecule has 0 unspecified atom stereocenters. The highest BCUT2D eigenvalue weighted by molar-refractivity contribution is 5.98. The molecule has 1 aliphatic rings. The summed E-state index contributed by atoms with van der Waals surface area (Å²) >= 11 is 0. The molecule has 0 atom stereocenters. The zero-order chi connectivity index (χ0) is 16.9. The van der Waals surface area contributed by atoms with Crippen LogP contribution in [-0.4, -0.2) is 59.2 Å². The first kappa shape index (κ1) is 17.4. The molecule has 1 aromatic heterocycles. The van der Waals surface area contributed by atoms with Crippen LogP contribution in [0.3, 0.4) is 0 Å². The average molecular weight is 322 g/mol. The van der Waals surface area contributed by atoms with Crippen LogP contribution in [0.25, 0.3) is 0 Å². The first-order chi connectivity index (χ1) is 10.9. The van der Waals surface area contributed by atoms with E-state index in [0.29, 0.717) is 25.1 Å². The summed E-state index contributed by atoms with van der Waals surface area (Å²) in [7, 11) is 3.90. The summed E-state index contributed by atoms with van der Waals surface area (Å²) in [5.41, 5.74) is 5.90.